The molecular formula is C24H23N3O5. The molecule has 4 rings (SSSR count). The largest absolute Gasteiger partial charge is 0.497 e. The predicted molar refractivity (Wildman–Crippen MR) is 119 cm³/mol. The molecule has 2 aromatic carbocycles. The van der Waals surface area contributed by atoms with Crippen molar-refractivity contribution >= 4 is 5.97 Å². The summed E-state index contributed by atoms with van der Waals surface area (Å²) in [6.07, 6.45) is 4.10. The van der Waals surface area contributed by atoms with E-state index in [2.05, 4.69) is 5.10 Å². The number of aryl methyl sites for hydroxylation is 2. The summed E-state index contributed by atoms with van der Waals surface area (Å²) in [5.41, 5.74) is 2.26. The highest BCUT2D eigenvalue weighted by Gasteiger charge is 2.25. The highest BCUT2D eigenvalue weighted by Crippen LogP contribution is 2.24. The summed E-state index contributed by atoms with van der Waals surface area (Å²) in [6.45, 7) is 0.569. The van der Waals surface area contributed by atoms with Crippen molar-refractivity contribution in [3.8, 4) is 28.4 Å². The number of aromatic nitrogens is 3. The number of hydrogen-bond acceptors (Lipinski definition) is 6. The van der Waals surface area contributed by atoms with Crippen LogP contribution in [0, 0.1) is 0 Å². The van der Waals surface area contributed by atoms with Crippen molar-refractivity contribution < 1.29 is 19.0 Å². The number of rotatable bonds is 7. The Balaban J connectivity index is 1.72. The fraction of sp³-hybridized carbons (Fsp3) is 0.208. The first-order valence-corrected chi connectivity index (χ1v) is 10.0. The Morgan fingerprint density at radius 1 is 0.906 bits per heavy atom. The van der Waals surface area contributed by atoms with Crippen molar-refractivity contribution in [3.05, 3.63) is 82.4 Å². The number of ether oxygens (including phenoxy) is 3. The number of fused-ring (bicyclic) bond motifs is 1. The maximum atomic E-state index is 13.1. The normalized spacial score (nSPS) is 10.8. The number of esters is 1. The molecule has 164 valence electrons. The zero-order chi connectivity index (χ0) is 22.7. The third kappa shape index (κ3) is 4.07. The highest BCUT2D eigenvalue weighted by atomic mass is 16.5. The Morgan fingerprint density at radius 3 is 2.12 bits per heavy atom. The molecule has 8 nitrogen and oxygen atoms in total. The SMILES string of the molecule is COC(=O)c1cn(CCc2ccc(OC)cc2)cc2c(=O)n(-c3ccc(OC)cc3)nc1-2. The number of hydrogen-bond donors (Lipinski definition) is 0. The molecule has 8 heteroatoms. The van der Waals surface area contributed by atoms with Gasteiger partial charge >= 0.3 is 5.97 Å². The first-order valence-electron chi connectivity index (χ1n) is 10.0. The minimum atomic E-state index is -0.548. The molecule has 2 aliphatic heterocycles. The van der Waals surface area contributed by atoms with E-state index in [0.717, 1.165) is 11.3 Å². The molecular weight excluding hydrogens is 410 g/mol. The Morgan fingerprint density at radius 2 is 1.53 bits per heavy atom. The maximum absolute atomic E-state index is 13.1. The smallest absolute Gasteiger partial charge is 0.341 e. The molecule has 32 heavy (non-hydrogen) atoms. The van der Waals surface area contributed by atoms with Crippen LogP contribution in [-0.4, -0.2) is 41.6 Å². The lowest BCUT2D eigenvalue weighted by molar-refractivity contribution is 0.0600. The number of carbonyl (C=O) groups excluding carboxylic acids is 1. The molecule has 2 aromatic rings. The summed E-state index contributed by atoms with van der Waals surface area (Å²) in [4.78, 5) is 25.6. The number of nitrogens with zero attached hydrogens (tertiary/aromatic N) is 3. The summed E-state index contributed by atoms with van der Waals surface area (Å²) in [5, 5.41) is 4.42. The predicted octanol–water partition coefficient (Wildman–Crippen LogP) is 3.19. The maximum Gasteiger partial charge on any atom is 0.341 e. The number of carbonyl (C=O) groups is 1. The average Bonchev–Trinajstić information content (AvgIpc) is 3.18. The van der Waals surface area contributed by atoms with Crippen LogP contribution in [0.15, 0.2) is 65.7 Å². The molecule has 0 saturated heterocycles. The topological polar surface area (TPSA) is 84.6 Å². The summed E-state index contributed by atoms with van der Waals surface area (Å²) in [6, 6.07) is 14.7. The number of pyridine rings is 1. The lowest BCUT2D eigenvalue weighted by atomic mass is 10.1. The second-order valence-electron chi connectivity index (χ2n) is 7.18. The van der Waals surface area contributed by atoms with Gasteiger partial charge in [0.25, 0.3) is 5.56 Å². The summed E-state index contributed by atoms with van der Waals surface area (Å²) in [5.74, 6) is 0.912. The van der Waals surface area contributed by atoms with Crippen molar-refractivity contribution in [2.75, 3.05) is 21.3 Å². The monoisotopic (exact) mass is 433 g/mol. The Kier molecular flexibility index (Phi) is 5.93. The standard InChI is InChI=1S/C24H23N3O5/c1-30-18-8-4-16(5-9-18)12-13-26-14-20-22(21(15-26)24(29)32-3)25-27(23(20)28)17-6-10-19(31-2)11-7-17/h4-11,14-15H,12-13H2,1-3H3. The van der Waals surface area contributed by atoms with Crippen molar-refractivity contribution in [2.45, 2.75) is 13.0 Å². The lowest BCUT2D eigenvalue weighted by Gasteiger charge is -2.12. The van der Waals surface area contributed by atoms with E-state index in [4.69, 9.17) is 14.2 Å². The third-order valence-electron chi connectivity index (χ3n) is 5.26. The van der Waals surface area contributed by atoms with Gasteiger partial charge in [-0.1, -0.05) is 12.1 Å². The van der Waals surface area contributed by atoms with E-state index in [-0.39, 0.29) is 11.1 Å². The van der Waals surface area contributed by atoms with Crippen LogP contribution in [0.2, 0.25) is 0 Å². The van der Waals surface area contributed by atoms with E-state index in [0.29, 0.717) is 35.7 Å². The molecule has 0 bridgehead atoms. The van der Waals surface area contributed by atoms with Crippen LogP contribution in [0.3, 0.4) is 0 Å². The minimum Gasteiger partial charge on any atom is -0.497 e. The van der Waals surface area contributed by atoms with Gasteiger partial charge in [0, 0.05) is 18.9 Å². The number of benzene rings is 2. The van der Waals surface area contributed by atoms with Crippen LogP contribution in [0.1, 0.15) is 15.9 Å². The molecule has 2 aliphatic rings. The van der Waals surface area contributed by atoms with Gasteiger partial charge in [-0.2, -0.15) is 9.78 Å². The summed E-state index contributed by atoms with van der Waals surface area (Å²) < 4.78 is 18.4. The van der Waals surface area contributed by atoms with Gasteiger partial charge < -0.3 is 18.8 Å². The molecule has 0 N–H and O–H groups in total. The van der Waals surface area contributed by atoms with Crippen LogP contribution in [0.5, 0.6) is 11.5 Å². The van der Waals surface area contributed by atoms with E-state index < -0.39 is 5.97 Å². The van der Waals surface area contributed by atoms with Crippen molar-refractivity contribution in [2.24, 2.45) is 0 Å². The Labute approximate surface area is 184 Å². The molecule has 0 atom stereocenters. The van der Waals surface area contributed by atoms with Crippen LogP contribution in [0.4, 0.5) is 0 Å². The van der Waals surface area contributed by atoms with Gasteiger partial charge in [-0.15, -0.1) is 0 Å². The minimum absolute atomic E-state index is 0.240. The molecule has 0 amide bonds. The molecule has 0 aliphatic carbocycles. The second-order valence-corrected chi connectivity index (χ2v) is 7.18. The zero-order valence-corrected chi connectivity index (χ0v) is 18.1. The fourth-order valence-corrected chi connectivity index (χ4v) is 3.50. The quantitative estimate of drug-likeness (QED) is 0.416. The van der Waals surface area contributed by atoms with Gasteiger partial charge in [-0.25, -0.2) is 4.79 Å². The first-order chi connectivity index (χ1) is 15.5. The molecule has 2 heterocycles. The molecule has 0 saturated carbocycles. The molecule has 0 aromatic heterocycles. The van der Waals surface area contributed by atoms with Crippen LogP contribution < -0.4 is 15.0 Å². The van der Waals surface area contributed by atoms with Crippen molar-refractivity contribution in [1.82, 2.24) is 14.3 Å². The zero-order valence-electron chi connectivity index (χ0n) is 18.1. The Bertz CT molecular complexity index is 1260. The fourth-order valence-electron chi connectivity index (χ4n) is 3.50. The molecule has 0 radical (unpaired) electrons. The van der Waals surface area contributed by atoms with E-state index in [1.54, 1.807) is 50.9 Å². The Hall–Kier alpha value is -4.07. The van der Waals surface area contributed by atoms with E-state index in [1.807, 2.05) is 28.8 Å². The van der Waals surface area contributed by atoms with Gasteiger partial charge in [0.15, 0.2) is 0 Å². The lowest BCUT2D eigenvalue weighted by Crippen LogP contribution is -2.16. The first kappa shape index (κ1) is 21.2. The van der Waals surface area contributed by atoms with Crippen LogP contribution >= 0.6 is 0 Å². The highest BCUT2D eigenvalue weighted by molar-refractivity contribution is 5.96. The van der Waals surface area contributed by atoms with E-state index in [9.17, 15) is 9.59 Å². The van der Waals surface area contributed by atoms with Gasteiger partial charge in [0.1, 0.15) is 22.8 Å². The van der Waals surface area contributed by atoms with E-state index in [1.165, 1.54) is 11.8 Å². The van der Waals surface area contributed by atoms with Crippen molar-refractivity contribution in [3.63, 3.8) is 0 Å². The van der Waals surface area contributed by atoms with Crippen LogP contribution in [-0.2, 0) is 17.7 Å². The number of methoxy groups -OCH3 is 3. The van der Waals surface area contributed by atoms with Crippen molar-refractivity contribution in [1.29, 1.82) is 0 Å². The molecule has 0 fully saturated rings. The third-order valence-corrected chi connectivity index (χ3v) is 5.26. The average molecular weight is 433 g/mol. The van der Waals surface area contributed by atoms with E-state index >= 15 is 0 Å². The summed E-state index contributed by atoms with van der Waals surface area (Å²) in [7, 11) is 4.51. The molecule has 0 spiro atoms. The summed E-state index contributed by atoms with van der Waals surface area (Å²) >= 11 is 0. The van der Waals surface area contributed by atoms with Crippen LogP contribution in [0.25, 0.3) is 16.9 Å². The molecule has 0 unspecified atom stereocenters. The van der Waals surface area contributed by atoms with Gasteiger partial charge in [0.05, 0.1) is 32.6 Å². The van der Waals surface area contributed by atoms with Gasteiger partial charge in [-0.05, 0) is 48.4 Å². The second kappa shape index (κ2) is 8.97. The van der Waals surface area contributed by atoms with Gasteiger partial charge in [0.2, 0.25) is 0 Å². The van der Waals surface area contributed by atoms with Gasteiger partial charge in [-0.3, -0.25) is 4.79 Å².